The molecule has 0 aliphatic heterocycles. The van der Waals surface area contributed by atoms with Crippen LogP contribution in [0.15, 0.2) is 48.8 Å². The van der Waals surface area contributed by atoms with Gasteiger partial charge in [0.2, 0.25) is 5.88 Å². The van der Waals surface area contributed by atoms with E-state index in [0.717, 1.165) is 10.9 Å². The minimum atomic E-state index is 0.490. The van der Waals surface area contributed by atoms with Gasteiger partial charge in [0.15, 0.2) is 0 Å². The predicted octanol–water partition coefficient (Wildman–Crippen LogP) is 4.73. The second-order valence-corrected chi connectivity index (χ2v) is 4.77. The third kappa shape index (κ3) is 2.62. The van der Waals surface area contributed by atoms with Gasteiger partial charge in [-0.1, -0.05) is 23.2 Å². The van der Waals surface area contributed by atoms with Crippen LogP contribution in [-0.2, 0) is 0 Å². The van der Waals surface area contributed by atoms with Gasteiger partial charge in [-0.15, -0.1) is 0 Å². The molecule has 0 bridgehead atoms. The molecule has 0 aliphatic carbocycles. The molecule has 0 saturated carbocycles. The summed E-state index contributed by atoms with van der Waals surface area (Å²) in [6, 6.07) is 12.5. The van der Waals surface area contributed by atoms with E-state index in [1.54, 1.807) is 36.4 Å². The van der Waals surface area contributed by atoms with Gasteiger partial charge >= 0.3 is 0 Å². The lowest BCUT2D eigenvalue weighted by molar-refractivity contribution is 0.468. The van der Waals surface area contributed by atoms with E-state index in [0.29, 0.717) is 21.7 Å². The van der Waals surface area contributed by atoms with E-state index in [1.807, 2.05) is 6.07 Å². The van der Waals surface area contributed by atoms with E-state index in [4.69, 9.17) is 27.9 Å². The number of aromatic nitrogens is 2. The normalized spacial score (nSPS) is 10.6. The van der Waals surface area contributed by atoms with Crippen LogP contribution in [0.2, 0.25) is 10.0 Å². The molecule has 0 saturated heterocycles. The van der Waals surface area contributed by atoms with E-state index in [1.165, 1.54) is 6.33 Å². The predicted molar refractivity (Wildman–Crippen MR) is 76.1 cm³/mol. The molecule has 0 amide bonds. The van der Waals surface area contributed by atoms with Crippen LogP contribution in [0.4, 0.5) is 0 Å². The number of hydrogen-bond donors (Lipinski definition) is 0. The van der Waals surface area contributed by atoms with Crippen molar-refractivity contribution in [2.45, 2.75) is 0 Å². The van der Waals surface area contributed by atoms with Gasteiger partial charge in [-0.25, -0.2) is 9.97 Å². The summed E-state index contributed by atoms with van der Waals surface area (Å²) >= 11 is 11.8. The molecule has 0 spiro atoms. The van der Waals surface area contributed by atoms with Gasteiger partial charge in [0, 0.05) is 10.0 Å². The lowest BCUT2D eigenvalue weighted by Gasteiger charge is -2.07. The molecule has 3 nitrogen and oxygen atoms in total. The van der Waals surface area contributed by atoms with Crippen molar-refractivity contribution in [2.75, 3.05) is 0 Å². The van der Waals surface area contributed by atoms with E-state index < -0.39 is 0 Å². The summed E-state index contributed by atoms with van der Waals surface area (Å²) in [7, 11) is 0. The molecule has 0 N–H and O–H groups in total. The first-order chi connectivity index (χ1) is 9.22. The molecule has 3 rings (SSSR count). The van der Waals surface area contributed by atoms with Crippen LogP contribution in [0.3, 0.4) is 0 Å². The molecule has 1 aromatic heterocycles. The third-order valence-corrected chi connectivity index (χ3v) is 3.08. The molecule has 0 unspecified atom stereocenters. The summed E-state index contributed by atoms with van der Waals surface area (Å²) in [5, 5.41) is 2.09. The molecule has 94 valence electrons. The Morgan fingerprint density at radius 3 is 2.37 bits per heavy atom. The van der Waals surface area contributed by atoms with E-state index in [2.05, 4.69) is 9.97 Å². The highest BCUT2D eigenvalue weighted by Gasteiger charge is 2.06. The maximum absolute atomic E-state index is 5.93. The summed E-state index contributed by atoms with van der Waals surface area (Å²) in [4.78, 5) is 8.31. The minimum Gasteiger partial charge on any atom is -0.438 e. The molecule has 1 heterocycles. The minimum absolute atomic E-state index is 0.490. The van der Waals surface area contributed by atoms with Crippen LogP contribution in [0, 0.1) is 0 Å². The van der Waals surface area contributed by atoms with Crippen molar-refractivity contribution in [3.8, 4) is 11.6 Å². The van der Waals surface area contributed by atoms with Crippen LogP contribution in [-0.4, -0.2) is 9.97 Å². The van der Waals surface area contributed by atoms with E-state index in [-0.39, 0.29) is 0 Å². The molecule has 19 heavy (non-hydrogen) atoms. The van der Waals surface area contributed by atoms with Crippen LogP contribution < -0.4 is 4.74 Å². The van der Waals surface area contributed by atoms with Crippen molar-refractivity contribution in [2.24, 2.45) is 0 Å². The summed E-state index contributed by atoms with van der Waals surface area (Å²) in [6.45, 7) is 0. The lowest BCUT2D eigenvalue weighted by atomic mass is 10.2. The first-order valence-electron chi connectivity index (χ1n) is 5.56. The van der Waals surface area contributed by atoms with Crippen molar-refractivity contribution in [3.05, 3.63) is 58.8 Å². The van der Waals surface area contributed by atoms with Gasteiger partial charge in [0.1, 0.15) is 12.1 Å². The highest BCUT2D eigenvalue weighted by atomic mass is 35.5. The van der Waals surface area contributed by atoms with Crippen LogP contribution >= 0.6 is 23.2 Å². The van der Waals surface area contributed by atoms with Gasteiger partial charge in [-0.3, -0.25) is 0 Å². The second kappa shape index (κ2) is 5.03. The molecule has 0 fully saturated rings. The highest BCUT2D eigenvalue weighted by Crippen LogP contribution is 2.28. The van der Waals surface area contributed by atoms with Crippen LogP contribution in [0.1, 0.15) is 0 Å². The first-order valence-corrected chi connectivity index (χ1v) is 6.32. The average molecular weight is 291 g/mol. The Balaban J connectivity index is 2.03. The molecule has 3 aromatic rings. The van der Waals surface area contributed by atoms with Crippen LogP contribution in [0.5, 0.6) is 11.6 Å². The van der Waals surface area contributed by atoms with Crippen molar-refractivity contribution in [1.29, 1.82) is 0 Å². The Hall–Kier alpha value is -1.84. The largest absolute Gasteiger partial charge is 0.438 e. The van der Waals surface area contributed by atoms with E-state index >= 15 is 0 Å². The first kappa shape index (κ1) is 12.2. The maximum atomic E-state index is 5.93. The smallest absolute Gasteiger partial charge is 0.230 e. The van der Waals surface area contributed by atoms with Gasteiger partial charge in [-0.05, 0) is 42.5 Å². The van der Waals surface area contributed by atoms with Gasteiger partial charge < -0.3 is 4.74 Å². The summed E-state index contributed by atoms with van der Waals surface area (Å²) in [5.74, 6) is 1.16. The van der Waals surface area contributed by atoms with Gasteiger partial charge in [-0.2, -0.15) is 0 Å². The Labute approximate surface area is 119 Å². The van der Waals surface area contributed by atoms with Crippen LogP contribution in [0.25, 0.3) is 10.9 Å². The maximum Gasteiger partial charge on any atom is 0.230 e. The number of hydrogen-bond acceptors (Lipinski definition) is 3. The number of rotatable bonds is 2. The molecule has 0 aliphatic rings. The lowest BCUT2D eigenvalue weighted by Crippen LogP contribution is -1.91. The fourth-order valence-electron chi connectivity index (χ4n) is 1.70. The zero-order chi connectivity index (χ0) is 13.2. The zero-order valence-electron chi connectivity index (χ0n) is 9.68. The fourth-order valence-corrected chi connectivity index (χ4v) is 1.99. The Morgan fingerprint density at radius 1 is 0.842 bits per heavy atom. The van der Waals surface area contributed by atoms with Crippen molar-refractivity contribution in [1.82, 2.24) is 9.97 Å². The average Bonchev–Trinajstić information content (AvgIpc) is 2.41. The molecular formula is C14H8Cl2N2O. The third-order valence-electron chi connectivity index (χ3n) is 2.59. The summed E-state index contributed by atoms with van der Waals surface area (Å²) < 4.78 is 5.73. The molecular weight excluding hydrogens is 283 g/mol. The van der Waals surface area contributed by atoms with Gasteiger partial charge in [0.05, 0.1) is 10.9 Å². The number of halogens is 2. The monoisotopic (exact) mass is 290 g/mol. The topological polar surface area (TPSA) is 35.0 Å². The highest BCUT2D eigenvalue weighted by molar-refractivity contribution is 6.31. The standard InChI is InChI=1S/C14H8Cl2N2O/c15-9-1-4-11(5-2-9)19-14-12-6-3-10(16)7-13(12)17-8-18-14/h1-8H. The molecule has 0 radical (unpaired) electrons. The van der Waals surface area contributed by atoms with Gasteiger partial charge in [0.25, 0.3) is 0 Å². The molecule has 0 atom stereocenters. The number of benzene rings is 2. The number of nitrogens with zero attached hydrogens (tertiary/aromatic N) is 2. The Morgan fingerprint density at radius 2 is 1.58 bits per heavy atom. The molecule has 5 heteroatoms. The summed E-state index contributed by atoms with van der Waals surface area (Å²) in [5.41, 5.74) is 0.742. The van der Waals surface area contributed by atoms with Crippen molar-refractivity contribution in [3.63, 3.8) is 0 Å². The van der Waals surface area contributed by atoms with Crippen molar-refractivity contribution >= 4 is 34.1 Å². The SMILES string of the molecule is Clc1ccc(Oc2ncnc3cc(Cl)ccc23)cc1. The number of fused-ring (bicyclic) bond motifs is 1. The number of ether oxygens (including phenoxy) is 1. The quantitative estimate of drug-likeness (QED) is 0.684. The fraction of sp³-hybridized carbons (Fsp3) is 0. The molecule has 2 aromatic carbocycles. The summed E-state index contributed by atoms with van der Waals surface area (Å²) in [6.07, 6.45) is 1.45. The van der Waals surface area contributed by atoms with Crippen molar-refractivity contribution < 1.29 is 4.74 Å². The Kier molecular flexibility index (Phi) is 3.23. The Bertz CT molecular complexity index is 729. The second-order valence-electron chi connectivity index (χ2n) is 3.90. The zero-order valence-corrected chi connectivity index (χ0v) is 11.2. The van der Waals surface area contributed by atoms with E-state index in [9.17, 15) is 0 Å².